The number of amides is 1. The Bertz CT molecular complexity index is 656. The molecule has 0 fully saturated rings. The summed E-state index contributed by atoms with van der Waals surface area (Å²) in [5.41, 5.74) is 0.589. The van der Waals surface area contributed by atoms with Crippen molar-refractivity contribution >= 4 is 29.0 Å². The quantitative estimate of drug-likeness (QED) is 0.777. The van der Waals surface area contributed by atoms with Gasteiger partial charge in [-0.25, -0.2) is 9.59 Å². The molecule has 0 atom stereocenters. The molecule has 7 heteroatoms. The number of thiophene rings is 1. The first-order valence-electron chi connectivity index (χ1n) is 7.68. The van der Waals surface area contributed by atoms with Gasteiger partial charge in [0.2, 0.25) is 0 Å². The molecule has 0 spiro atoms. The first kappa shape index (κ1) is 18.3. The van der Waals surface area contributed by atoms with Crippen LogP contribution in [-0.2, 0) is 9.47 Å². The van der Waals surface area contributed by atoms with E-state index in [1.165, 1.54) is 25.6 Å². The maximum Gasteiger partial charge on any atom is 0.410 e. The lowest BCUT2D eigenvalue weighted by molar-refractivity contribution is 0.0270. The molecule has 1 aliphatic heterocycles. The second-order valence-corrected chi connectivity index (χ2v) is 7.46. The molecule has 6 nitrogen and oxygen atoms in total. The van der Waals surface area contributed by atoms with E-state index in [2.05, 4.69) is 0 Å². The Morgan fingerprint density at radius 1 is 1.25 bits per heavy atom. The summed E-state index contributed by atoms with van der Waals surface area (Å²) >= 11 is 1.34. The number of hydrogen-bond acceptors (Lipinski definition) is 6. The van der Waals surface area contributed by atoms with Gasteiger partial charge in [0.15, 0.2) is 4.88 Å². The number of ether oxygens (including phenoxy) is 3. The van der Waals surface area contributed by atoms with E-state index in [-0.39, 0.29) is 6.09 Å². The van der Waals surface area contributed by atoms with E-state index in [1.54, 1.807) is 4.90 Å². The van der Waals surface area contributed by atoms with Crippen LogP contribution in [0, 0.1) is 0 Å². The van der Waals surface area contributed by atoms with Crippen molar-refractivity contribution in [1.29, 1.82) is 0 Å². The lowest BCUT2D eigenvalue weighted by atomic mass is 10.1. The first-order chi connectivity index (χ1) is 11.2. The van der Waals surface area contributed by atoms with Crippen LogP contribution in [0.1, 0.15) is 41.7 Å². The minimum absolute atomic E-state index is 0.309. The molecule has 0 aromatic carbocycles. The van der Waals surface area contributed by atoms with Gasteiger partial charge in [-0.2, -0.15) is 0 Å². The second-order valence-electron chi connectivity index (χ2n) is 6.41. The average molecular weight is 353 g/mol. The molecule has 0 bridgehead atoms. The van der Waals surface area contributed by atoms with E-state index < -0.39 is 11.6 Å². The van der Waals surface area contributed by atoms with Crippen LogP contribution in [0.5, 0.6) is 5.75 Å². The second kappa shape index (κ2) is 7.25. The van der Waals surface area contributed by atoms with E-state index in [1.807, 2.05) is 32.9 Å². The number of nitrogens with zero attached hydrogens (tertiary/aromatic N) is 1. The molecule has 2 heterocycles. The molecule has 1 aliphatic rings. The Labute approximate surface area is 146 Å². The monoisotopic (exact) mass is 353 g/mol. The Morgan fingerprint density at radius 2 is 1.96 bits per heavy atom. The Balaban J connectivity index is 2.11. The lowest BCUT2D eigenvalue weighted by Gasteiger charge is -2.29. The van der Waals surface area contributed by atoms with E-state index >= 15 is 0 Å². The van der Waals surface area contributed by atoms with Gasteiger partial charge in [-0.1, -0.05) is 6.08 Å². The molecule has 0 unspecified atom stereocenters. The molecule has 2 rings (SSSR count). The van der Waals surface area contributed by atoms with Gasteiger partial charge in [-0.05, 0) is 38.8 Å². The highest BCUT2D eigenvalue weighted by Gasteiger charge is 2.25. The Hall–Kier alpha value is -2.02. The zero-order valence-corrected chi connectivity index (χ0v) is 15.5. The van der Waals surface area contributed by atoms with Crippen LogP contribution >= 0.6 is 11.3 Å². The molecule has 24 heavy (non-hydrogen) atoms. The average Bonchev–Trinajstić information content (AvgIpc) is 2.97. The van der Waals surface area contributed by atoms with Gasteiger partial charge >= 0.3 is 12.1 Å². The summed E-state index contributed by atoms with van der Waals surface area (Å²) in [6.07, 6.45) is 2.38. The number of methoxy groups -OCH3 is 2. The topological polar surface area (TPSA) is 65.1 Å². The first-order valence-corrected chi connectivity index (χ1v) is 8.50. The van der Waals surface area contributed by atoms with Gasteiger partial charge in [0, 0.05) is 18.0 Å². The van der Waals surface area contributed by atoms with Crippen molar-refractivity contribution in [2.45, 2.75) is 32.8 Å². The predicted molar refractivity (Wildman–Crippen MR) is 92.6 cm³/mol. The molecule has 0 aliphatic carbocycles. The summed E-state index contributed by atoms with van der Waals surface area (Å²) < 4.78 is 15.4. The van der Waals surface area contributed by atoms with Crippen LogP contribution in [-0.4, -0.2) is 49.9 Å². The fourth-order valence-corrected chi connectivity index (χ4v) is 3.42. The molecular formula is C17H23NO5S. The highest BCUT2D eigenvalue weighted by Crippen LogP contribution is 2.36. The van der Waals surface area contributed by atoms with Gasteiger partial charge in [0.25, 0.3) is 0 Å². The molecule has 1 aromatic rings. The molecule has 1 aromatic heterocycles. The van der Waals surface area contributed by atoms with Crippen LogP contribution < -0.4 is 4.74 Å². The van der Waals surface area contributed by atoms with Gasteiger partial charge in [0.05, 0.1) is 14.2 Å². The number of carbonyl (C=O) groups excluding carboxylic acids is 2. The summed E-state index contributed by atoms with van der Waals surface area (Å²) in [5.74, 6) is 0.104. The number of hydrogen-bond donors (Lipinski definition) is 0. The molecule has 0 saturated carbocycles. The van der Waals surface area contributed by atoms with Crippen molar-refractivity contribution in [3.8, 4) is 5.75 Å². The minimum atomic E-state index is -0.502. The number of rotatable bonds is 3. The molecule has 132 valence electrons. The van der Waals surface area contributed by atoms with Crippen molar-refractivity contribution in [2.75, 3.05) is 27.3 Å². The Kier molecular flexibility index (Phi) is 5.54. The summed E-state index contributed by atoms with van der Waals surface area (Å²) in [7, 11) is 2.87. The fraction of sp³-hybridized carbons (Fsp3) is 0.529. The van der Waals surface area contributed by atoms with Crippen LogP contribution in [0.2, 0.25) is 0 Å². The van der Waals surface area contributed by atoms with Crippen molar-refractivity contribution < 1.29 is 23.8 Å². The van der Waals surface area contributed by atoms with Gasteiger partial charge < -0.3 is 19.1 Å². The van der Waals surface area contributed by atoms with Crippen molar-refractivity contribution in [3.05, 3.63) is 21.9 Å². The fourth-order valence-electron chi connectivity index (χ4n) is 2.30. The van der Waals surface area contributed by atoms with E-state index in [0.29, 0.717) is 30.1 Å². The largest absolute Gasteiger partial charge is 0.495 e. The molecule has 0 radical (unpaired) electrons. The van der Waals surface area contributed by atoms with E-state index in [4.69, 9.17) is 14.2 Å². The van der Waals surface area contributed by atoms with Gasteiger partial charge in [0.1, 0.15) is 11.4 Å². The van der Waals surface area contributed by atoms with Crippen molar-refractivity contribution in [3.63, 3.8) is 0 Å². The summed E-state index contributed by atoms with van der Waals surface area (Å²) in [6.45, 7) is 6.61. The van der Waals surface area contributed by atoms with Gasteiger partial charge in [-0.3, -0.25) is 0 Å². The predicted octanol–water partition coefficient (Wildman–Crippen LogP) is 3.57. The molecule has 0 N–H and O–H groups in total. The van der Waals surface area contributed by atoms with Crippen LogP contribution in [0.3, 0.4) is 0 Å². The molecule has 0 saturated heterocycles. The maximum atomic E-state index is 12.1. The van der Waals surface area contributed by atoms with Crippen molar-refractivity contribution in [2.24, 2.45) is 0 Å². The third-order valence-electron chi connectivity index (χ3n) is 3.47. The summed E-state index contributed by atoms with van der Waals surface area (Å²) in [6, 6.07) is 1.84. The molecular weight excluding hydrogens is 330 g/mol. The maximum absolute atomic E-state index is 12.1. The van der Waals surface area contributed by atoms with Crippen LogP contribution in [0.25, 0.3) is 5.57 Å². The highest BCUT2D eigenvalue weighted by molar-refractivity contribution is 7.15. The van der Waals surface area contributed by atoms with Crippen molar-refractivity contribution in [1.82, 2.24) is 4.90 Å². The zero-order valence-electron chi connectivity index (χ0n) is 14.7. The minimum Gasteiger partial charge on any atom is -0.495 e. The van der Waals surface area contributed by atoms with Crippen LogP contribution in [0.15, 0.2) is 12.1 Å². The van der Waals surface area contributed by atoms with E-state index in [0.717, 1.165) is 10.5 Å². The smallest absolute Gasteiger partial charge is 0.410 e. The standard InChI is InChI=1S/C17H23NO5S/c1-17(2,3)23-16(20)18-8-6-11(7-9-18)13-10-12(21-4)14(24-13)15(19)22-5/h6,10H,7-9H2,1-5H3. The Morgan fingerprint density at radius 3 is 2.46 bits per heavy atom. The number of carbonyl (C=O) groups is 2. The van der Waals surface area contributed by atoms with Gasteiger partial charge in [-0.15, -0.1) is 11.3 Å². The number of esters is 1. The third-order valence-corrected chi connectivity index (χ3v) is 4.64. The lowest BCUT2D eigenvalue weighted by Crippen LogP contribution is -2.39. The molecule has 1 amide bonds. The highest BCUT2D eigenvalue weighted by atomic mass is 32.1. The summed E-state index contributed by atoms with van der Waals surface area (Å²) in [5, 5.41) is 0. The SMILES string of the molecule is COC(=O)c1sc(C2=CCN(C(=O)OC(C)(C)C)CC2)cc1OC. The van der Waals surface area contributed by atoms with Crippen LogP contribution in [0.4, 0.5) is 4.79 Å². The normalized spacial score (nSPS) is 14.9. The van der Waals surface area contributed by atoms with E-state index in [9.17, 15) is 9.59 Å². The summed E-state index contributed by atoms with van der Waals surface area (Å²) in [4.78, 5) is 26.9. The third kappa shape index (κ3) is 4.29. The zero-order chi connectivity index (χ0) is 17.9.